The van der Waals surface area contributed by atoms with Crippen LogP contribution < -0.4 is 14.8 Å². The van der Waals surface area contributed by atoms with Crippen LogP contribution in [0.4, 0.5) is 0 Å². The summed E-state index contributed by atoms with van der Waals surface area (Å²) in [5.74, 6) is -0.385. The molecule has 0 heterocycles. The molecule has 0 saturated heterocycles. The second kappa shape index (κ2) is 7.85. The first kappa shape index (κ1) is 17.1. The Bertz CT molecular complexity index is 566. The number of methoxy groups -OCH3 is 1. The van der Waals surface area contributed by atoms with Crippen LogP contribution in [0.25, 0.3) is 0 Å². The second-order valence-electron chi connectivity index (χ2n) is 5.66. The molecule has 0 bridgehead atoms. The van der Waals surface area contributed by atoms with Crippen molar-refractivity contribution in [3.05, 3.63) is 23.8 Å². The summed E-state index contributed by atoms with van der Waals surface area (Å²) < 4.78 is 11.2. The van der Waals surface area contributed by atoms with E-state index in [4.69, 9.17) is 14.6 Å². The third-order valence-electron chi connectivity index (χ3n) is 4.03. The molecule has 0 aromatic heterocycles. The fourth-order valence-electron chi connectivity index (χ4n) is 2.68. The maximum Gasteiger partial charge on any atom is 0.326 e. The molecular weight excluding hydrogens is 298 g/mol. The van der Waals surface area contributed by atoms with E-state index in [1.807, 2.05) is 0 Å². The zero-order valence-corrected chi connectivity index (χ0v) is 13.5. The number of carboxylic acids is 1. The quantitative estimate of drug-likeness (QED) is 0.806. The van der Waals surface area contributed by atoms with Crippen LogP contribution in [-0.4, -0.2) is 36.2 Å². The predicted molar refractivity (Wildman–Crippen MR) is 85.1 cm³/mol. The molecule has 2 N–H and O–H groups in total. The van der Waals surface area contributed by atoms with Crippen LogP contribution >= 0.6 is 0 Å². The number of carboxylic acid groups (broad SMARTS) is 1. The summed E-state index contributed by atoms with van der Waals surface area (Å²) in [4.78, 5) is 23.3. The zero-order chi connectivity index (χ0) is 16.8. The summed E-state index contributed by atoms with van der Waals surface area (Å²) in [6.45, 7) is 1.71. The number of benzene rings is 1. The van der Waals surface area contributed by atoms with Crippen molar-refractivity contribution in [3.63, 3.8) is 0 Å². The molecule has 1 aromatic carbocycles. The molecule has 1 amide bonds. The molecule has 1 aliphatic carbocycles. The Kier molecular flexibility index (Phi) is 5.84. The number of carbonyl (C=O) groups excluding carboxylic acids is 1. The highest BCUT2D eigenvalue weighted by Crippen LogP contribution is 2.32. The molecule has 1 saturated carbocycles. The number of hydrogen-bond acceptors (Lipinski definition) is 4. The predicted octanol–water partition coefficient (Wildman–Crippen LogP) is 2.61. The number of hydrogen-bond donors (Lipinski definition) is 2. The van der Waals surface area contributed by atoms with E-state index in [1.54, 1.807) is 32.2 Å². The van der Waals surface area contributed by atoms with Crippen molar-refractivity contribution >= 4 is 11.9 Å². The Morgan fingerprint density at radius 3 is 2.57 bits per heavy atom. The molecule has 6 heteroatoms. The highest BCUT2D eigenvalue weighted by Gasteiger charge is 2.22. The van der Waals surface area contributed by atoms with Gasteiger partial charge in [-0.2, -0.15) is 0 Å². The van der Waals surface area contributed by atoms with E-state index >= 15 is 0 Å². The summed E-state index contributed by atoms with van der Waals surface area (Å²) in [5.41, 5.74) is 0.360. The number of rotatable bonds is 7. The molecule has 0 aliphatic heterocycles. The highest BCUT2D eigenvalue weighted by molar-refractivity contribution is 5.97. The lowest BCUT2D eigenvalue weighted by molar-refractivity contribution is -0.139. The second-order valence-corrected chi connectivity index (χ2v) is 5.66. The third-order valence-corrected chi connectivity index (χ3v) is 4.03. The number of aliphatic carboxylic acids is 1. The average Bonchev–Trinajstić information content (AvgIpc) is 3.05. The molecule has 1 unspecified atom stereocenters. The smallest absolute Gasteiger partial charge is 0.326 e. The maximum atomic E-state index is 12.2. The first-order valence-electron chi connectivity index (χ1n) is 7.93. The van der Waals surface area contributed by atoms with Crippen LogP contribution in [0.15, 0.2) is 18.2 Å². The molecule has 1 fully saturated rings. The van der Waals surface area contributed by atoms with Gasteiger partial charge in [0.05, 0.1) is 13.2 Å². The van der Waals surface area contributed by atoms with E-state index in [2.05, 4.69) is 5.32 Å². The van der Waals surface area contributed by atoms with Gasteiger partial charge in [-0.15, -0.1) is 0 Å². The highest BCUT2D eigenvalue weighted by atomic mass is 16.5. The first-order chi connectivity index (χ1) is 11.0. The molecule has 1 aromatic rings. The lowest BCUT2D eigenvalue weighted by atomic mass is 10.1. The van der Waals surface area contributed by atoms with Crippen LogP contribution in [0.2, 0.25) is 0 Å². The van der Waals surface area contributed by atoms with Crippen molar-refractivity contribution in [3.8, 4) is 11.5 Å². The van der Waals surface area contributed by atoms with Crippen LogP contribution in [0.3, 0.4) is 0 Å². The van der Waals surface area contributed by atoms with Crippen molar-refractivity contribution in [2.45, 2.75) is 51.2 Å². The van der Waals surface area contributed by atoms with Crippen molar-refractivity contribution in [1.82, 2.24) is 5.32 Å². The zero-order valence-electron chi connectivity index (χ0n) is 13.5. The molecule has 1 aliphatic rings. The Hall–Kier alpha value is -2.24. The Labute approximate surface area is 135 Å². The van der Waals surface area contributed by atoms with Crippen LogP contribution in [0, 0.1) is 0 Å². The topological polar surface area (TPSA) is 84.9 Å². The van der Waals surface area contributed by atoms with Gasteiger partial charge in [-0.3, -0.25) is 4.79 Å². The SMILES string of the molecule is CCC(NC(=O)c1ccc(OC)c(OC2CCCC2)c1)C(=O)O. The summed E-state index contributed by atoms with van der Waals surface area (Å²) >= 11 is 0. The van der Waals surface area contributed by atoms with E-state index in [9.17, 15) is 9.59 Å². The van der Waals surface area contributed by atoms with E-state index in [0.29, 0.717) is 23.5 Å². The Balaban J connectivity index is 2.15. The fourth-order valence-corrected chi connectivity index (χ4v) is 2.68. The summed E-state index contributed by atoms with van der Waals surface area (Å²) in [6.07, 6.45) is 4.74. The molecule has 126 valence electrons. The van der Waals surface area contributed by atoms with Crippen LogP contribution in [0.1, 0.15) is 49.4 Å². The number of nitrogens with one attached hydrogen (secondary N) is 1. The van der Waals surface area contributed by atoms with E-state index < -0.39 is 17.9 Å². The van der Waals surface area contributed by atoms with Gasteiger partial charge in [0.1, 0.15) is 6.04 Å². The van der Waals surface area contributed by atoms with Crippen molar-refractivity contribution < 1.29 is 24.2 Å². The number of carbonyl (C=O) groups is 2. The standard InChI is InChI=1S/C17H23NO5/c1-3-13(17(20)21)18-16(19)11-8-9-14(22-2)15(10-11)23-12-6-4-5-7-12/h8-10,12-13H,3-7H2,1-2H3,(H,18,19)(H,20,21). The van der Waals surface area contributed by atoms with E-state index in [1.165, 1.54) is 0 Å². The van der Waals surface area contributed by atoms with Gasteiger partial charge in [-0.25, -0.2) is 4.79 Å². The molecule has 0 radical (unpaired) electrons. The van der Waals surface area contributed by atoms with Gasteiger partial charge in [0.25, 0.3) is 5.91 Å². The minimum absolute atomic E-state index is 0.143. The van der Waals surface area contributed by atoms with E-state index in [0.717, 1.165) is 25.7 Å². The third kappa shape index (κ3) is 4.37. The van der Waals surface area contributed by atoms with Gasteiger partial charge < -0.3 is 19.9 Å². The minimum atomic E-state index is -1.04. The number of amides is 1. The summed E-state index contributed by atoms with van der Waals surface area (Å²) in [7, 11) is 1.55. The van der Waals surface area contributed by atoms with Crippen LogP contribution in [-0.2, 0) is 4.79 Å². The van der Waals surface area contributed by atoms with Crippen LogP contribution in [0.5, 0.6) is 11.5 Å². The van der Waals surface area contributed by atoms with Crippen molar-refractivity contribution in [2.75, 3.05) is 7.11 Å². The van der Waals surface area contributed by atoms with Crippen molar-refractivity contribution in [1.29, 1.82) is 0 Å². The average molecular weight is 321 g/mol. The Morgan fingerprint density at radius 2 is 2.00 bits per heavy atom. The largest absolute Gasteiger partial charge is 0.493 e. The minimum Gasteiger partial charge on any atom is -0.493 e. The van der Waals surface area contributed by atoms with Crippen molar-refractivity contribution in [2.24, 2.45) is 0 Å². The lowest BCUT2D eigenvalue weighted by Gasteiger charge is -2.17. The van der Waals surface area contributed by atoms with Gasteiger partial charge >= 0.3 is 5.97 Å². The van der Waals surface area contributed by atoms with Gasteiger partial charge in [-0.1, -0.05) is 6.92 Å². The molecule has 0 spiro atoms. The summed E-state index contributed by atoms with van der Waals surface area (Å²) in [6, 6.07) is 3.98. The van der Waals surface area contributed by atoms with Gasteiger partial charge in [0.15, 0.2) is 11.5 Å². The molecule has 2 rings (SSSR count). The molecule has 23 heavy (non-hydrogen) atoms. The molecule has 1 atom stereocenters. The Morgan fingerprint density at radius 1 is 1.30 bits per heavy atom. The lowest BCUT2D eigenvalue weighted by Crippen LogP contribution is -2.40. The van der Waals surface area contributed by atoms with E-state index in [-0.39, 0.29) is 6.10 Å². The molecular formula is C17H23NO5. The molecule has 6 nitrogen and oxygen atoms in total. The fraction of sp³-hybridized carbons (Fsp3) is 0.529. The van der Waals surface area contributed by atoms with Gasteiger partial charge in [0, 0.05) is 5.56 Å². The van der Waals surface area contributed by atoms with Gasteiger partial charge in [-0.05, 0) is 50.3 Å². The summed E-state index contributed by atoms with van der Waals surface area (Å²) in [5, 5.41) is 11.5. The normalized spacial score (nSPS) is 15.9. The first-order valence-corrected chi connectivity index (χ1v) is 7.93. The monoisotopic (exact) mass is 321 g/mol. The maximum absolute atomic E-state index is 12.2. The van der Waals surface area contributed by atoms with Gasteiger partial charge in [0.2, 0.25) is 0 Å². The number of ether oxygens (including phenoxy) is 2.